The Kier molecular flexibility index (Phi) is 2.85. The van der Waals surface area contributed by atoms with Gasteiger partial charge in [-0.1, -0.05) is 0 Å². The normalized spacial score (nSPS) is 9.45. The minimum atomic E-state index is 0.139. The number of hydrogen-bond acceptors (Lipinski definition) is 3. The molecule has 0 radical (unpaired) electrons. The minimum Gasteiger partial charge on any atom is -0.370 e. The van der Waals surface area contributed by atoms with Gasteiger partial charge in [-0.3, -0.25) is 4.99 Å². The first-order valence-electron chi connectivity index (χ1n) is 3.21. The molecule has 11 heavy (non-hydrogen) atoms. The molecule has 0 amide bonds. The average Bonchev–Trinajstić information content (AvgIpc) is 2.39. The van der Waals surface area contributed by atoms with E-state index < -0.39 is 0 Å². The molecule has 5 heteroatoms. The van der Waals surface area contributed by atoms with Gasteiger partial charge in [-0.25, -0.2) is 4.98 Å². The highest BCUT2D eigenvalue weighted by Crippen LogP contribution is 2.00. The van der Waals surface area contributed by atoms with Gasteiger partial charge < -0.3 is 11.5 Å². The van der Waals surface area contributed by atoms with Crippen molar-refractivity contribution in [2.24, 2.45) is 16.5 Å². The molecule has 0 unspecified atom stereocenters. The molecule has 4 N–H and O–H groups in total. The topological polar surface area (TPSA) is 77.3 Å². The number of guanidine groups is 1. The third-order valence-corrected chi connectivity index (χ3v) is 1.78. The Morgan fingerprint density at radius 1 is 1.64 bits per heavy atom. The number of thiazole rings is 1. The maximum absolute atomic E-state index is 5.14. The van der Waals surface area contributed by atoms with Crippen LogP contribution in [0.25, 0.3) is 0 Å². The van der Waals surface area contributed by atoms with Crippen LogP contribution in [0, 0.1) is 0 Å². The molecule has 0 saturated carbocycles. The van der Waals surface area contributed by atoms with Gasteiger partial charge in [-0.05, 0) is 0 Å². The summed E-state index contributed by atoms with van der Waals surface area (Å²) in [7, 11) is 0. The van der Waals surface area contributed by atoms with Gasteiger partial charge in [0, 0.05) is 18.3 Å². The van der Waals surface area contributed by atoms with E-state index in [1.165, 1.54) is 0 Å². The molecular weight excluding hydrogens is 160 g/mol. The number of nitrogens with two attached hydrogens (primary N) is 2. The third kappa shape index (κ3) is 2.99. The van der Waals surface area contributed by atoms with E-state index in [2.05, 4.69) is 9.98 Å². The summed E-state index contributed by atoms with van der Waals surface area (Å²) in [5.41, 5.74) is 13.1. The molecule has 60 valence electrons. The van der Waals surface area contributed by atoms with Crippen LogP contribution in [0.2, 0.25) is 0 Å². The highest BCUT2D eigenvalue weighted by molar-refractivity contribution is 7.07. The zero-order valence-corrected chi connectivity index (χ0v) is 6.84. The van der Waals surface area contributed by atoms with Gasteiger partial charge in [0.25, 0.3) is 0 Å². The van der Waals surface area contributed by atoms with Gasteiger partial charge in [-0.15, -0.1) is 11.3 Å². The van der Waals surface area contributed by atoms with Crippen molar-refractivity contribution < 1.29 is 0 Å². The summed E-state index contributed by atoms with van der Waals surface area (Å²) < 4.78 is 0. The number of aliphatic imine (C=N–C) groups is 1. The fraction of sp³-hybridized carbons (Fsp3) is 0.333. The van der Waals surface area contributed by atoms with E-state index in [0.717, 1.165) is 12.1 Å². The van der Waals surface area contributed by atoms with Crippen molar-refractivity contribution in [2.75, 3.05) is 6.54 Å². The zero-order valence-electron chi connectivity index (χ0n) is 6.03. The first kappa shape index (κ1) is 8.00. The van der Waals surface area contributed by atoms with Crippen LogP contribution in [0.4, 0.5) is 0 Å². The van der Waals surface area contributed by atoms with Crippen molar-refractivity contribution in [1.82, 2.24) is 4.98 Å². The summed E-state index contributed by atoms with van der Waals surface area (Å²) in [6.45, 7) is 0.617. The van der Waals surface area contributed by atoms with Crippen LogP contribution in [0.5, 0.6) is 0 Å². The summed E-state index contributed by atoms with van der Waals surface area (Å²) >= 11 is 1.58. The molecule has 0 atom stereocenters. The second-order valence-corrected chi connectivity index (χ2v) is 2.76. The van der Waals surface area contributed by atoms with E-state index in [4.69, 9.17) is 11.5 Å². The van der Waals surface area contributed by atoms with Crippen molar-refractivity contribution in [3.63, 3.8) is 0 Å². The van der Waals surface area contributed by atoms with E-state index in [0.29, 0.717) is 6.54 Å². The van der Waals surface area contributed by atoms with E-state index in [9.17, 15) is 0 Å². The molecule has 0 spiro atoms. The van der Waals surface area contributed by atoms with Gasteiger partial charge in [0.2, 0.25) is 0 Å². The van der Waals surface area contributed by atoms with E-state index in [-0.39, 0.29) is 5.96 Å². The Morgan fingerprint density at radius 2 is 2.45 bits per heavy atom. The number of nitrogens with zero attached hydrogens (tertiary/aromatic N) is 2. The number of aromatic nitrogens is 1. The Hall–Kier alpha value is -1.10. The molecule has 4 nitrogen and oxygen atoms in total. The highest BCUT2D eigenvalue weighted by atomic mass is 32.1. The summed E-state index contributed by atoms with van der Waals surface area (Å²) in [4.78, 5) is 7.92. The van der Waals surface area contributed by atoms with Crippen LogP contribution in [0.3, 0.4) is 0 Å². The van der Waals surface area contributed by atoms with E-state index >= 15 is 0 Å². The molecule has 1 rings (SSSR count). The molecule has 0 saturated heterocycles. The van der Waals surface area contributed by atoms with Crippen molar-refractivity contribution in [3.8, 4) is 0 Å². The van der Waals surface area contributed by atoms with Gasteiger partial charge >= 0.3 is 0 Å². The summed E-state index contributed by atoms with van der Waals surface area (Å²) in [5.74, 6) is 0.139. The van der Waals surface area contributed by atoms with Crippen LogP contribution in [0.15, 0.2) is 15.9 Å². The lowest BCUT2D eigenvalue weighted by Crippen LogP contribution is -2.23. The van der Waals surface area contributed by atoms with Gasteiger partial charge in [0.15, 0.2) is 5.96 Å². The molecule has 0 aliphatic rings. The maximum Gasteiger partial charge on any atom is 0.185 e. The molecule has 0 fully saturated rings. The Morgan fingerprint density at radius 3 is 3.00 bits per heavy atom. The monoisotopic (exact) mass is 170 g/mol. The minimum absolute atomic E-state index is 0.139. The lowest BCUT2D eigenvalue weighted by Gasteiger charge is -1.91. The van der Waals surface area contributed by atoms with Crippen molar-refractivity contribution in [3.05, 3.63) is 16.6 Å². The molecule has 0 aliphatic carbocycles. The Balaban J connectivity index is 2.30. The number of hydrogen-bond donors (Lipinski definition) is 2. The summed E-state index contributed by atoms with van der Waals surface area (Å²) in [5, 5.41) is 1.99. The molecule has 0 aliphatic heterocycles. The fourth-order valence-corrected chi connectivity index (χ4v) is 1.25. The van der Waals surface area contributed by atoms with Crippen LogP contribution in [0.1, 0.15) is 5.69 Å². The Bertz CT molecular complexity index is 225. The second kappa shape index (κ2) is 3.92. The smallest absolute Gasteiger partial charge is 0.185 e. The quantitative estimate of drug-likeness (QED) is 0.493. The third-order valence-electron chi connectivity index (χ3n) is 1.15. The summed E-state index contributed by atoms with van der Waals surface area (Å²) in [6, 6.07) is 0. The molecule has 1 aromatic rings. The van der Waals surface area contributed by atoms with Crippen molar-refractivity contribution in [2.45, 2.75) is 6.42 Å². The van der Waals surface area contributed by atoms with Crippen LogP contribution >= 0.6 is 11.3 Å². The van der Waals surface area contributed by atoms with Crippen molar-refractivity contribution in [1.29, 1.82) is 0 Å². The predicted molar refractivity (Wildman–Crippen MR) is 46.5 cm³/mol. The second-order valence-electron chi connectivity index (χ2n) is 2.04. The maximum atomic E-state index is 5.14. The average molecular weight is 170 g/mol. The Labute approximate surface area is 69.0 Å². The summed E-state index contributed by atoms with van der Waals surface area (Å²) in [6.07, 6.45) is 0.807. The SMILES string of the molecule is NC(N)=NCCc1cscn1. The van der Waals surface area contributed by atoms with E-state index in [1.807, 2.05) is 5.38 Å². The van der Waals surface area contributed by atoms with Crippen LogP contribution in [-0.4, -0.2) is 17.5 Å². The zero-order chi connectivity index (χ0) is 8.10. The molecule has 0 bridgehead atoms. The largest absolute Gasteiger partial charge is 0.370 e. The predicted octanol–water partition coefficient (Wildman–Crippen LogP) is -0.0410. The standard InChI is InChI=1S/C6H10N4S/c7-6(8)9-2-1-5-3-11-4-10-5/h3-4H,1-2H2,(H4,7,8,9). The highest BCUT2D eigenvalue weighted by Gasteiger charge is 1.92. The van der Waals surface area contributed by atoms with Crippen LogP contribution in [-0.2, 0) is 6.42 Å². The molecule has 1 heterocycles. The van der Waals surface area contributed by atoms with Crippen LogP contribution < -0.4 is 11.5 Å². The molecular formula is C6H10N4S. The number of rotatable bonds is 3. The first-order valence-corrected chi connectivity index (χ1v) is 4.16. The lowest BCUT2D eigenvalue weighted by atomic mass is 10.3. The van der Waals surface area contributed by atoms with Gasteiger partial charge in [-0.2, -0.15) is 0 Å². The van der Waals surface area contributed by atoms with Gasteiger partial charge in [0.05, 0.1) is 11.2 Å². The molecule has 1 aromatic heterocycles. The molecule has 0 aromatic carbocycles. The lowest BCUT2D eigenvalue weighted by molar-refractivity contribution is 0.931. The van der Waals surface area contributed by atoms with Gasteiger partial charge in [0.1, 0.15) is 0 Å². The fourth-order valence-electron chi connectivity index (χ4n) is 0.661. The van der Waals surface area contributed by atoms with E-state index in [1.54, 1.807) is 16.8 Å². The van der Waals surface area contributed by atoms with Crippen molar-refractivity contribution >= 4 is 17.3 Å². The first-order chi connectivity index (χ1) is 5.29.